The molecule has 1 heterocycles. The molecule has 29 heavy (non-hydrogen) atoms. The number of sulfone groups is 1. The lowest BCUT2D eigenvalue weighted by Gasteiger charge is -2.10. The van der Waals surface area contributed by atoms with Gasteiger partial charge in [-0.15, -0.1) is 0 Å². The fraction of sp³-hybridized carbons (Fsp3) is 0.278. The van der Waals surface area contributed by atoms with E-state index in [1.54, 1.807) is 18.2 Å². The lowest BCUT2D eigenvalue weighted by atomic mass is 10.3. The van der Waals surface area contributed by atoms with Gasteiger partial charge in [0.05, 0.1) is 26.6 Å². The first-order valence-corrected chi connectivity index (χ1v) is 11.9. The SMILES string of the molecule is CCS(=O)(=O)c1ccc(S(=O)(=O)NCCc2nc3ccccc3n2C(F)F)cc1. The minimum atomic E-state index is -3.93. The van der Waals surface area contributed by atoms with Gasteiger partial charge in [0.1, 0.15) is 5.82 Å². The van der Waals surface area contributed by atoms with Crippen LogP contribution in [0.15, 0.2) is 58.3 Å². The maximum absolute atomic E-state index is 13.4. The number of alkyl halides is 2. The normalized spacial score (nSPS) is 12.7. The second-order valence-electron chi connectivity index (χ2n) is 6.19. The Bertz CT molecular complexity index is 1220. The summed E-state index contributed by atoms with van der Waals surface area (Å²) >= 11 is 0. The number of hydrogen-bond donors (Lipinski definition) is 1. The highest BCUT2D eigenvalue weighted by molar-refractivity contribution is 7.91. The summed E-state index contributed by atoms with van der Waals surface area (Å²) < 4.78 is 78.4. The zero-order chi connectivity index (χ0) is 21.2. The van der Waals surface area contributed by atoms with Gasteiger partial charge in [0.25, 0.3) is 0 Å². The van der Waals surface area contributed by atoms with Gasteiger partial charge in [0, 0.05) is 13.0 Å². The molecule has 0 saturated heterocycles. The van der Waals surface area contributed by atoms with Crippen LogP contribution in [-0.2, 0) is 26.3 Å². The van der Waals surface area contributed by atoms with E-state index in [4.69, 9.17) is 0 Å². The Morgan fingerprint density at radius 1 is 1.00 bits per heavy atom. The van der Waals surface area contributed by atoms with Gasteiger partial charge < -0.3 is 0 Å². The molecular formula is C18H19F2N3O4S2. The monoisotopic (exact) mass is 443 g/mol. The van der Waals surface area contributed by atoms with Crippen molar-refractivity contribution in [3.8, 4) is 0 Å². The Hall–Kier alpha value is -2.37. The second-order valence-corrected chi connectivity index (χ2v) is 10.2. The van der Waals surface area contributed by atoms with Gasteiger partial charge in [0.15, 0.2) is 9.84 Å². The van der Waals surface area contributed by atoms with Crippen LogP contribution in [0.1, 0.15) is 19.3 Å². The molecule has 0 aliphatic heterocycles. The predicted molar refractivity (Wildman–Crippen MR) is 104 cm³/mol. The molecule has 0 unspecified atom stereocenters. The Balaban J connectivity index is 1.75. The number of halogens is 2. The van der Waals surface area contributed by atoms with Crippen LogP contribution in [0.4, 0.5) is 8.78 Å². The molecule has 1 aromatic heterocycles. The summed E-state index contributed by atoms with van der Waals surface area (Å²) in [5.74, 6) is -0.0315. The topological polar surface area (TPSA) is 98.1 Å². The highest BCUT2D eigenvalue weighted by atomic mass is 32.2. The summed E-state index contributed by atoms with van der Waals surface area (Å²) in [6.45, 7) is -1.45. The number of rotatable bonds is 8. The average Bonchev–Trinajstić information content (AvgIpc) is 3.06. The molecule has 0 amide bonds. The summed E-state index contributed by atoms with van der Waals surface area (Å²) in [6.07, 6.45) is -0.0411. The number of benzene rings is 2. The third-order valence-electron chi connectivity index (χ3n) is 4.38. The number of para-hydroxylation sites is 2. The molecule has 156 valence electrons. The molecule has 0 saturated carbocycles. The summed E-state index contributed by atoms with van der Waals surface area (Å²) in [5, 5.41) is 0. The average molecular weight is 443 g/mol. The lowest BCUT2D eigenvalue weighted by molar-refractivity contribution is 0.0715. The third-order valence-corrected chi connectivity index (χ3v) is 7.61. The molecule has 0 radical (unpaired) electrons. The van der Waals surface area contributed by atoms with Gasteiger partial charge in [-0.2, -0.15) is 8.78 Å². The van der Waals surface area contributed by atoms with Crippen LogP contribution in [0.25, 0.3) is 11.0 Å². The first-order valence-electron chi connectivity index (χ1n) is 8.72. The molecule has 3 aromatic rings. The van der Waals surface area contributed by atoms with E-state index in [0.717, 1.165) is 4.57 Å². The standard InChI is InChI=1S/C18H19F2N3O4S2/c1-2-28(24,25)13-7-9-14(10-8-13)29(26,27)21-12-11-17-22-15-5-3-4-6-16(15)23(17)18(19)20/h3-10,18,21H,2,11-12H2,1H3. The van der Waals surface area contributed by atoms with E-state index in [2.05, 4.69) is 9.71 Å². The van der Waals surface area contributed by atoms with Crippen LogP contribution in [0.2, 0.25) is 0 Å². The Kier molecular flexibility index (Phi) is 6.01. The van der Waals surface area contributed by atoms with E-state index in [0.29, 0.717) is 5.52 Å². The van der Waals surface area contributed by atoms with Crippen LogP contribution in [0, 0.1) is 0 Å². The molecule has 3 rings (SSSR count). The van der Waals surface area contributed by atoms with Crippen molar-refractivity contribution in [2.45, 2.75) is 29.7 Å². The molecule has 7 nitrogen and oxygen atoms in total. The van der Waals surface area contributed by atoms with E-state index in [1.807, 2.05) is 0 Å². The number of nitrogens with zero attached hydrogens (tertiary/aromatic N) is 2. The van der Waals surface area contributed by atoms with Crippen molar-refractivity contribution in [1.82, 2.24) is 14.3 Å². The molecule has 0 aliphatic rings. The van der Waals surface area contributed by atoms with E-state index in [1.165, 1.54) is 37.3 Å². The number of nitrogens with one attached hydrogen (secondary N) is 1. The minimum absolute atomic E-state index is 0.0320. The van der Waals surface area contributed by atoms with E-state index in [9.17, 15) is 25.6 Å². The fourth-order valence-electron chi connectivity index (χ4n) is 2.86. The van der Waals surface area contributed by atoms with Crippen molar-refractivity contribution >= 4 is 30.9 Å². The maximum Gasteiger partial charge on any atom is 0.320 e. The van der Waals surface area contributed by atoms with Crippen molar-refractivity contribution in [3.63, 3.8) is 0 Å². The van der Waals surface area contributed by atoms with E-state index >= 15 is 0 Å². The second kappa shape index (κ2) is 8.17. The number of hydrogen-bond acceptors (Lipinski definition) is 5. The molecule has 0 bridgehead atoms. The number of aromatic nitrogens is 2. The summed E-state index contributed by atoms with van der Waals surface area (Å²) in [4.78, 5) is 4.07. The molecule has 0 atom stereocenters. The first kappa shape index (κ1) is 21.3. The van der Waals surface area contributed by atoms with Crippen LogP contribution >= 0.6 is 0 Å². The molecule has 2 aromatic carbocycles. The molecular weight excluding hydrogens is 424 g/mol. The van der Waals surface area contributed by atoms with Crippen molar-refractivity contribution in [1.29, 1.82) is 0 Å². The fourth-order valence-corrected chi connectivity index (χ4v) is 4.78. The summed E-state index contributed by atoms with van der Waals surface area (Å²) in [5.41, 5.74) is 0.673. The summed E-state index contributed by atoms with van der Waals surface area (Å²) in [6, 6.07) is 11.3. The smallest absolute Gasteiger partial charge is 0.270 e. The number of sulfonamides is 1. The molecule has 0 fully saturated rings. The lowest BCUT2D eigenvalue weighted by Crippen LogP contribution is -2.27. The molecule has 11 heteroatoms. The third kappa shape index (κ3) is 4.46. The number of imidazole rings is 1. The minimum Gasteiger partial charge on any atom is -0.270 e. The Morgan fingerprint density at radius 3 is 2.24 bits per heavy atom. The Morgan fingerprint density at radius 2 is 1.62 bits per heavy atom. The van der Waals surface area contributed by atoms with Crippen LogP contribution < -0.4 is 4.72 Å². The van der Waals surface area contributed by atoms with Crippen LogP contribution in [-0.4, -0.2) is 38.7 Å². The van der Waals surface area contributed by atoms with Crippen molar-refractivity contribution < 1.29 is 25.6 Å². The van der Waals surface area contributed by atoms with E-state index in [-0.39, 0.29) is 39.9 Å². The zero-order valence-electron chi connectivity index (χ0n) is 15.4. The van der Waals surface area contributed by atoms with Crippen LogP contribution in [0.5, 0.6) is 0 Å². The van der Waals surface area contributed by atoms with Crippen molar-refractivity contribution in [3.05, 3.63) is 54.4 Å². The van der Waals surface area contributed by atoms with E-state index < -0.39 is 26.4 Å². The van der Waals surface area contributed by atoms with Gasteiger partial charge in [-0.1, -0.05) is 19.1 Å². The predicted octanol–water partition coefficient (Wildman–Crippen LogP) is 2.75. The van der Waals surface area contributed by atoms with Crippen molar-refractivity contribution in [2.24, 2.45) is 0 Å². The Labute approximate surface area is 167 Å². The van der Waals surface area contributed by atoms with Crippen LogP contribution in [0.3, 0.4) is 0 Å². The first-order chi connectivity index (χ1) is 13.7. The largest absolute Gasteiger partial charge is 0.320 e. The van der Waals surface area contributed by atoms with Gasteiger partial charge in [-0.25, -0.2) is 26.5 Å². The summed E-state index contributed by atoms with van der Waals surface area (Å²) in [7, 11) is -7.37. The van der Waals surface area contributed by atoms with Gasteiger partial charge in [-0.3, -0.25) is 4.57 Å². The quantitative estimate of drug-likeness (QED) is 0.577. The molecule has 0 spiro atoms. The van der Waals surface area contributed by atoms with Gasteiger partial charge in [-0.05, 0) is 36.4 Å². The highest BCUT2D eigenvalue weighted by Gasteiger charge is 2.20. The highest BCUT2D eigenvalue weighted by Crippen LogP contribution is 2.23. The maximum atomic E-state index is 13.4. The molecule has 1 N–H and O–H groups in total. The molecule has 0 aliphatic carbocycles. The van der Waals surface area contributed by atoms with Gasteiger partial charge in [0.2, 0.25) is 10.0 Å². The zero-order valence-corrected chi connectivity index (χ0v) is 17.1. The van der Waals surface area contributed by atoms with Gasteiger partial charge >= 0.3 is 6.55 Å². The number of fused-ring (bicyclic) bond motifs is 1. The van der Waals surface area contributed by atoms with Crippen molar-refractivity contribution in [2.75, 3.05) is 12.3 Å².